The number of ether oxygens (including phenoxy) is 1. The molecule has 30 heavy (non-hydrogen) atoms. The maximum atomic E-state index is 13.0. The normalized spacial score (nSPS) is 16.7. The van der Waals surface area contributed by atoms with Crippen LogP contribution in [0.15, 0.2) is 52.2 Å². The van der Waals surface area contributed by atoms with Gasteiger partial charge in [0.05, 0.1) is 29.6 Å². The molecule has 1 aliphatic rings. The molecular weight excluding hydrogens is 384 g/mol. The standard InChI is InChI=1S/C21H20N6O3/c22-19-17(21(28)23-11-13-5-3-9-29-13)18-20(26-16-8-2-1-7-15(16)25-18)27(19)24-12-14-6-4-10-30-14/h1-2,4,6-8,10,12-13H,3,5,9,11,22H2,(H,23,28)/b24-12-. The molecule has 5 rings (SSSR count). The Hall–Kier alpha value is -3.72. The third-order valence-electron chi connectivity index (χ3n) is 5.06. The van der Waals surface area contributed by atoms with E-state index in [9.17, 15) is 4.79 Å². The quantitative estimate of drug-likeness (QED) is 0.493. The van der Waals surface area contributed by atoms with Gasteiger partial charge in [0.2, 0.25) is 0 Å². The van der Waals surface area contributed by atoms with Gasteiger partial charge < -0.3 is 20.2 Å². The number of furan rings is 1. The molecule has 1 saturated heterocycles. The molecule has 0 saturated carbocycles. The van der Waals surface area contributed by atoms with Gasteiger partial charge in [0, 0.05) is 13.2 Å². The van der Waals surface area contributed by atoms with E-state index in [0.29, 0.717) is 34.5 Å². The van der Waals surface area contributed by atoms with Crippen molar-refractivity contribution < 1.29 is 13.9 Å². The van der Waals surface area contributed by atoms with Crippen molar-refractivity contribution in [3.8, 4) is 0 Å². The molecule has 0 aliphatic carbocycles. The van der Waals surface area contributed by atoms with Gasteiger partial charge in [-0.2, -0.15) is 9.78 Å². The number of anilines is 1. The number of nitrogens with two attached hydrogens (primary N) is 1. The highest BCUT2D eigenvalue weighted by Gasteiger charge is 2.25. The van der Waals surface area contributed by atoms with Gasteiger partial charge in [-0.1, -0.05) is 12.1 Å². The Morgan fingerprint density at radius 1 is 1.27 bits per heavy atom. The molecule has 1 aliphatic heterocycles. The fourth-order valence-corrected chi connectivity index (χ4v) is 3.57. The third-order valence-corrected chi connectivity index (χ3v) is 5.06. The van der Waals surface area contributed by atoms with Crippen LogP contribution in [0, 0.1) is 0 Å². The van der Waals surface area contributed by atoms with Crippen molar-refractivity contribution in [1.82, 2.24) is 20.0 Å². The van der Waals surface area contributed by atoms with E-state index in [2.05, 4.69) is 20.4 Å². The van der Waals surface area contributed by atoms with E-state index in [1.165, 1.54) is 10.9 Å². The number of nitrogen functional groups attached to an aromatic ring is 1. The highest BCUT2D eigenvalue weighted by molar-refractivity contribution is 6.10. The summed E-state index contributed by atoms with van der Waals surface area (Å²) < 4.78 is 12.3. The summed E-state index contributed by atoms with van der Waals surface area (Å²) in [5.74, 6) is 0.381. The molecule has 3 aromatic heterocycles. The zero-order valence-electron chi connectivity index (χ0n) is 16.1. The van der Waals surface area contributed by atoms with Crippen molar-refractivity contribution in [3.05, 3.63) is 54.0 Å². The summed E-state index contributed by atoms with van der Waals surface area (Å²) in [6.45, 7) is 1.14. The summed E-state index contributed by atoms with van der Waals surface area (Å²) in [4.78, 5) is 22.3. The number of para-hydroxylation sites is 2. The zero-order chi connectivity index (χ0) is 20.5. The Balaban J connectivity index is 1.60. The number of fused-ring (bicyclic) bond motifs is 2. The van der Waals surface area contributed by atoms with Crippen LogP contribution in [0.5, 0.6) is 0 Å². The number of nitrogens with one attached hydrogen (secondary N) is 1. The summed E-state index contributed by atoms with van der Waals surface area (Å²) in [6, 6.07) is 11.0. The van der Waals surface area contributed by atoms with Crippen molar-refractivity contribution in [2.45, 2.75) is 18.9 Å². The van der Waals surface area contributed by atoms with Gasteiger partial charge in [0.15, 0.2) is 5.65 Å². The predicted octanol–water partition coefficient (Wildman–Crippen LogP) is 2.55. The van der Waals surface area contributed by atoms with Crippen molar-refractivity contribution in [2.75, 3.05) is 18.9 Å². The zero-order valence-corrected chi connectivity index (χ0v) is 16.1. The van der Waals surface area contributed by atoms with Gasteiger partial charge in [-0.3, -0.25) is 4.79 Å². The Bertz CT molecular complexity index is 1240. The van der Waals surface area contributed by atoms with Crippen LogP contribution in [-0.4, -0.2) is 46.0 Å². The lowest BCUT2D eigenvalue weighted by Gasteiger charge is -2.10. The van der Waals surface area contributed by atoms with Crippen molar-refractivity contribution in [3.63, 3.8) is 0 Å². The average Bonchev–Trinajstić information content (AvgIpc) is 3.50. The van der Waals surface area contributed by atoms with Crippen LogP contribution in [0.4, 0.5) is 5.82 Å². The maximum Gasteiger partial charge on any atom is 0.257 e. The molecule has 0 spiro atoms. The topological polar surface area (TPSA) is 121 Å². The number of rotatable bonds is 5. The Labute approximate surface area is 171 Å². The molecule has 1 atom stereocenters. The summed E-state index contributed by atoms with van der Waals surface area (Å²) >= 11 is 0. The lowest BCUT2D eigenvalue weighted by molar-refractivity contribution is 0.0859. The molecule has 1 fully saturated rings. The van der Waals surface area contributed by atoms with Crippen LogP contribution >= 0.6 is 0 Å². The number of benzene rings is 1. The van der Waals surface area contributed by atoms with Gasteiger partial charge in [0.25, 0.3) is 5.91 Å². The second kappa shape index (κ2) is 7.60. The fourth-order valence-electron chi connectivity index (χ4n) is 3.57. The number of hydrogen-bond acceptors (Lipinski definition) is 7. The van der Waals surface area contributed by atoms with Gasteiger partial charge in [-0.05, 0) is 37.1 Å². The van der Waals surface area contributed by atoms with Crippen LogP contribution in [0.1, 0.15) is 29.0 Å². The van der Waals surface area contributed by atoms with E-state index in [4.69, 9.17) is 14.9 Å². The lowest BCUT2D eigenvalue weighted by Crippen LogP contribution is -2.32. The van der Waals surface area contributed by atoms with Gasteiger partial charge in [-0.25, -0.2) is 9.97 Å². The number of aromatic nitrogens is 3. The number of hydrogen-bond donors (Lipinski definition) is 2. The molecule has 1 unspecified atom stereocenters. The van der Waals surface area contributed by atoms with Gasteiger partial charge >= 0.3 is 0 Å². The fraction of sp³-hybridized carbons (Fsp3) is 0.238. The minimum Gasteiger partial charge on any atom is -0.463 e. The van der Waals surface area contributed by atoms with Crippen LogP contribution < -0.4 is 11.1 Å². The molecule has 4 heterocycles. The third kappa shape index (κ3) is 3.29. The molecule has 4 aromatic rings. The SMILES string of the molecule is Nc1c(C(=O)NCC2CCCO2)c2nc3ccccc3nc2n1/N=C\c1ccco1. The molecule has 152 valence electrons. The Morgan fingerprint density at radius 3 is 2.83 bits per heavy atom. The molecule has 3 N–H and O–H groups in total. The van der Waals surface area contributed by atoms with E-state index in [1.54, 1.807) is 18.4 Å². The number of carbonyl (C=O) groups is 1. The lowest BCUT2D eigenvalue weighted by atomic mass is 10.2. The molecular formula is C21H20N6O3. The molecule has 9 nitrogen and oxygen atoms in total. The Morgan fingerprint density at radius 2 is 2.10 bits per heavy atom. The van der Waals surface area contributed by atoms with Crippen LogP contribution in [-0.2, 0) is 4.74 Å². The van der Waals surface area contributed by atoms with Crippen molar-refractivity contribution in [1.29, 1.82) is 0 Å². The molecule has 0 radical (unpaired) electrons. The first kappa shape index (κ1) is 18.3. The second-order valence-electron chi connectivity index (χ2n) is 7.06. The highest BCUT2D eigenvalue weighted by atomic mass is 16.5. The van der Waals surface area contributed by atoms with E-state index in [0.717, 1.165) is 19.4 Å². The van der Waals surface area contributed by atoms with E-state index >= 15 is 0 Å². The smallest absolute Gasteiger partial charge is 0.257 e. The van der Waals surface area contributed by atoms with Gasteiger partial charge in [-0.15, -0.1) is 0 Å². The number of carbonyl (C=O) groups excluding carboxylic acids is 1. The monoisotopic (exact) mass is 404 g/mol. The maximum absolute atomic E-state index is 13.0. The minimum atomic E-state index is -0.329. The summed E-state index contributed by atoms with van der Waals surface area (Å²) in [6.07, 6.45) is 5.01. The highest BCUT2D eigenvalue weighted by Crippen LogP contribution is 2.28. The van der Waals surface area contributed by atoms with E-state index in [-0.39, 0.29) is 23.4 Å². The first-order chi connectivity index (χ1) is 14.7. The van der Waals surface area contributed by atoms with E-state index in [1.807, 2.05) is 24.3 Å². The largest absolute Gasteiger partial charge is 0.463 e. The first-order valence-corrected chi connectivity index (χ1v) is 9.75. The van der Waals surface area contributed by atoms with E-state index < -0.39 is 0 Å². The van der Waals surface area contributed by atoms with Crippen LogP contribution in [0.25, 0.3) is 22.2 Å². The van der Waals surface area contributed by atoms with Crippen LogP contribution in [0.2, 0.25) is 0 Å². The van der Waals surface area contributed by atoms with Gasteiger partial charge in [0.1, 0.15) is 22.7 Å². The second-order valence-corrected chi connectivity index (χ2v) is 7.06. The summed E-state index contributed by atoms with van der Waals surface area (Å²) in [5.41, 5.74) is 8.75. The molecule has 1 aromatic carbocycles. The Kier molecular flexibility index (Phi) is 4.64. The summed E-state index contributed by atoms with van der Waals surface area (Å²) in [5, 5.41) is 7.30. The number of nitrogens with zero attached hydrogens (tertiary/aromatic N) is 4. The van der Waals surface area contributed by atoms with Crippen molar-refractivity contribution >= 4 is 40.1 Å². The van der Waals surface area contributed by atoms with Crippen LogP contribution in [0.3, 0.4) is 0 Å². The predicted molar refractivity (Wildman–Crippen MR) is 112 cm³/mol. The van der Waals surface area contributed by atoms with Crippen molar-refractivity contribution in [2.24, 2.45) is 5.10 Å². The first-order valence-electron chi connectivity index (χ1n) is 9.75. The molecule has 9 heteroatoms. The molecule has 0 bridgehead atoms. The summed E-state index contributed by atoms with van der Waals surface area (Å²) in [7, 11) is 0. The average molecular weight is 404 g/mol. The molecule has 1 amide bonds. The number of amides is 1. The minimum absolute atomic E-state index is 0.0208.